The molecular weight excluding hydrogens is 302 g/mol. The molecule has 0 spiro atoms. The van der Waals surface area contributed by atoms with Crippen LogP contribution in [0.4, 0.5) is 0 Å². The number of pyridine rings is 1. The number of carbonyl (C=O) groups is 1. The highest BCUT2D eigenvalue weighted by Crippen LogP contribution is 2.40. The van der Waals surface area contributed by atoms with Gasteiger partial charge in [-0.1, -0.05) is 18.2 Å². The van der Waals surface area contributed by atoms with E-state index in [4.69, 9.17) is 9.72 Å². The zero-order valence-corrected chi connectivity index (χ0v) is 13.4. The molecule has 0 radical (unpaired) electrons. The molecule has 1 aromatic carbocycles. The van der Waals surface area contributed by atoms with Crippen molar-refractivity contribution in [1.29, 1.82) is 5.26 Å². The number of fused-ring (bicyclic) bond motifs is 1. The molecule has 24 heavy (non-hydrogen) atoms. The summed E-state index contributed by atoms with van der Waals surface area (Å²) in [5.74, 6) is 0.333. The molecule has 1 amide bonds. The number of hydrogen-bond donors (Lipinski definition) is 1. The number of nitrogens with zero attached hydrogens (tertiary/aromatic N) is 2. The van der Waals surface area contributed by atoms with Crippen LogP contribution in [0.25, 0.3) is 10.9 Å². The maximum atomic E-state index is 12.8. The van der Waals surface area contributed by atoms with Crippen LogP contribution in [0.2, 0.25) is 0 Å². The van der Waals surface area contributed by atoms with Gasteiger partial charge in [0.1, 0.15) is 6.04 Å². The van der Waals surface area contributed by atoms with Gasteiger partial charge in [-0.2, -0.15) is 5.26 Å². The zero-order valence-electron chi connectivity index (χ0n) is 13.4. The number of benzene rings is 1. The van der Waals surface area contributed by atoms with E-state index in [1.807, 2.05) is 30.3 Å². The van der Waals surface area contributed by atoms with Gasteiger partial charge in [-0.15, -0.1) is 0 Å². The summed E-state index contributed by atoms with van der Waals surface area (Å²) in [5, 5.41) is 13.1. The van der Waals surface area contributed by atoms with Crippen molar-refractivity contribution >= 4 is 16.8 Å². The molecule has 5 nitrogen and oxygen atoms in total. The van der Waals surface area contributed by atoms with Gasteiger partial charge in [0.05, 0.1) is 23.8 Å². The van der Waals surface area contributed by atoms with Crippen LogP contribution in [0, 0.1) is 17.2 Å². The lowest BCUT2D eigenvalue weighted by Gasteiger charge is -2.17. The van der Waals surface area contributed by atoms with Crippen LogP contribution >= 0.6 is 0 Å². The van der Waals surface area contributed by atoms with Crippen LogP contribution in [-0.2, 0) is 4.74 Å². The summed E-state index contributed by atoms with van der Waals surface area (Å²) in [7, 11) is 0. The fraction of sp³-hybridized carbons (Fsp3) is 0.421. The molecule has 5 heteroatoms. The molecule has 1 N–H and O–H groups in total. The summed E-state index contributed by atoms with van der Waals surface area (Å²) in [6.07, 6.45) is 3.07. The zero-order chi connectivity index (χ0) is 16.5. The van der Waals surface area contributed by atoms with Crippen LogP contribution in [-0.4, -0.2) is 30.1 Å². The SMILES string of the molecule is N#CC(NC(=O)c1cc(C2CC2)nc2ccccc12)C1CCOC1. The minimum absolute atomic E-state index is 0.0648. The standard InChI is InChI=1S/C19H19N3O2/c20-10-18(13-7-8-24-11-13)22-19(23)15-9-17(12-5-6-12)21-16-4-2-1-3-14(15)16/h1-4,9,12-13,18H,5-8,11H2,(H,22,23). The van der Waals surface area contributed by atoms with Crippen molar-refractivity contribution in [2.75, 3.05) is 13.2 Å². The van der Waals surface area contributed by atoms with Crippen LogP contribution in [0.1, 0.15) is 41.2 Å². The second kappa shape index (κ2) is 6.21. The van der Waals surface area contributed by atoms with Gasteiger partial charge in [0.25, 0.3) is 5.91 Å². The summed E-state index contributed by atoms with van der Waals surface area (Å²) >= 11 is 0. The van der Waals surface area contributed by atoms with E-state index in [0.717, 1.165) is 35.9 Å². The molecule has 1 aliphatic heterocycles. The third-order valence-corrected chi connectivity index (χ3v) is 4.84. The number of hydrogen-bond acceptors (Lipinski definition) is 4. The molecule has 2 aromatic rings. The van der Waals surface area contributed by atoms with Crippen LogP contribution in [0.15, 0.2) is 30.3 Å². The number of rotatable bonds is 4. The Labute approximate surface area is 140 Å². The van der Waals surface area contributed by atoms with Crippen molar-refractivity contribution in [2.45, 2.75) is 31.2 Å². The van der Waals surface area contributed by atoms with Crippen molar-refractivity contribution in [2.24, 2.45) is 5.92 Å². The normalized spacial score (nSPS) is 21.4. The Morgan fingerprint density at radius 2 is 2.17 bits per heavy atom. The molecule has 2 unspecified atom stereocenters. The van der Waals surface area contributed by atoms with Gasteiger partial charge in [0.15, 0.2) is 0 Å². The topological polar surface area (TPSA) is 75.0 Å². The van der Waals surface area contributed by atoms with Gasteiger partial charge in [-0.05, 0) is 31.4 Å². The van der Waals surface area contributed by atoms with Crippen molar-refractivity contribution in [3.8, 4) is 6.07 Å². The fourth-order valence-corrected chi connectivity index (χ4v) is 3.26. The Bertz CT molecular complexity index is 817. The number of nitriles is 1. The average molecular weight is 321 g/mol. The highest BCUT2D eigenvalue weighted by molar-refractivity contribution is 6.06. The molecule has 0 bridgehead atoms. The first kappa shape index (κ1) is 15.1. The van der Waals surface area contributed by atoms with E-state index in [-0.39, 0.29) is 11.8 Å². The number of amides is 1. The van der Waals surface area contributed by atoms with Crippen LogP contribution in [0.3, 0.4) is 0 Å². The number of nitrogens with one attached hydrogen (secondary N) is 1. The quantitative estimate of drug-likeness (QED) is 0.939. The molecule has 1 aromatic heterocycles. The van der Waals surface area contributed by atoms with Gasteiger partial charge in [-0.25, -0.2) is 0 Å². The van der Waals surface area contributed by atoms with E-state index >= 15 is 0 Å². The third-order valence-electron chi connectivity index (χ3n) is 4.84. The number of aromatic nitrogens is 1. The predicted molar refractivity (Wildman–Crippen MR) is 89.5 cm³/mol. The Kier molecular flexibility index (Phi) is 3.91. The predicted octanol–water partition coefficient (Wildman–Crippen LogP) is 2.77. The Balaban J connectivity index is 1.66. The van der Waals surface area contributed by atoms with Gasteiger partial charge in [-0.3, -0.25) is 9.78 Å². The minimum atomic E-state index is -0.517. The van der Waals surface area contributed by atoms with Crippen molar-refractivity contribution in [1.82, 2.24) is 10.3 Å². The number of carbonyl (C=O) groups excluding carboxylic acids is 1. The van der Waals surface area contributed by atoms with Gasteiger partial charge < -0.3 is 10.1 Å². The van der Waals surface area contributed by atoms with Crippen molar-refractivity contribution in [3.05, 3.63) is 41.6 Å². The lowest BCUT2D eigenvalue weighted by atomic mass is 9.99. The molecule has 4 rings (SSSR count). The summed E-state index contributed by atoms with van der Waals surface area (Å²) in [6.45, 7) is 1.19. The van der Waals surface area contributed by atoms with Crippen molar-refractivity contribution in [3.63, 3.8) is 0 Å². The van der Waals surface area contributed by atoms with E-state index < -0.39 is 6.04 Å². The van der Waals surface area contributed by atoms with Gasteiger partial charge in [0.2, 0.25) is 0 Å². The van der Waals surface area contributed by atoms with Gasteiger partial charge in [0, 0.05) is 29.5 Å². The molecule has 2 heterocycles. The highest BCUT2D eigenvalue weighted by atomic mass is 16.5. The molecule has 122 valence electrons. The maximum absolute atomic E-state index is 12.8. The average Bonchev–Trinajstić information content (AvgIpc) is 3.33. The second-order valence-electron chi connectivity index (χ2n) is 6.59. The number of para-hydroxylation sites is 1. The minimum Gasteiger partial charge on any atom is -0.381 e. The maximum Gasteiger partial charge on any atom is 0.253 e. The van der Waals surface area contributed by atoms with E-state index in [1.54, 1.807) is 0 Å². The van der Waals surface area contributed by atoms with E-state index in [0.29, 0.717) is 24.7 Å². The molecule has 2 fully saturated rings. The highest BCUT2D eigenvalue weighted by Gasteiger charge is 2.30. The molecular formula is C19H19N3O2. The number of ether oxygens (including phenoxy) is 1. The Hall–Kier alpha value is -2.45. The lowest BCUT2D eigenvalue weighted by Crippen LogP contribution is -2.39. The monoisotopic (exact) mass is 321 g/mol. The van der Waals surface area contributed by atoms with Crippen molar-refractivity contribution < 1.29 is 9.53 Å². The van der Waals surface area contributed by atoms with Crippen LogP contribution < -0.4 is 5.32 Å². The molecule has 2 aliphatic rings. The molecule has 1 saturated heterocycles. The smallest absolute Gasteiger partial charge is 0.253 e. The van der Waals surface area contributed by atoms with E-state index in [2.05, 4.69) is 11.4 Å². The van der Waals surface area contributed by atoms with Crippen LogP contribution in [0.5, 0.6) is 0 Å². The summed E-state index contributed by atoms with van der Waals surface area (Å²) in [6, 6.07) is 11.3. The van der Waals surface area contributed by atoms with Gasteiger partial charge >= 0.3 is 0 Å². The second-order valence-corrected chi connectivity index (χ2v) is 6.59. The largest absolute Gasteiger partial charge is 0.381 e. The summed E-state index contributed by atoms with van der Waals surface area (Å²) in [4.78, 5) is 17.5. The van der Waals surface area contributed by atoms with E-state index in [9.17, 15) is 10.1 Å². The fourth-order valence-electron chi connectivity index (χ4n) is 3.26. The Morgan fingerprint density at radius 1 is 1.33 bits per heavy atom. The first-order valence-corrected chi connectivity index (χ1v) is 8.44. The Morgan fingerprint density at radius 3 is 2.88 bits per heavy atom. The lowest BCUT2D eigenvalue weighted by molar-refractivity contribution is 0.0932. The summed E-state index contributed by atoms with van der Waals surface area (Å²) < 4.78 is 5.34. The molecule has 1 saturated carbocycles. The third kappa shape index (κ3) is 2.85. The first-order valence-electron chi connectivity index (χ1n) is 8.44. The first-order chi connectivity index (χ1) is 11.8. The summed E-state index contributed by atoms with van der Waals surface area (Å²) in [5.41, 5.74) is 2.43. The molecule has 1 aliphatic carbocycles. The molecule has 2 atom stereocenters. The van der Waals surface area contributed by atoms with E-state index in [1.165, 1.54) is 0 Å².